The van der Waals surface area contributed by atoms with Crippen molar-refractivity contribution in [3.8, 4) is 0 Å². The minimum atomic E-state index is 0.661. The van der Waals surface area contributed by atoms with Gasteiger partial charge in [-0.3, -0.25) is 4.90 Å². The molecule has 1 aromatic heterocycles. The molecule has 1 aliphatic rings. The number of piperazine rings is 1. The van der Waals surface area contributed by atoms with Crippen molar-refractivity contribution in [3.05, 3.63) is 22.4 Å². The van der Waals surface area contributed by atoms with E-state index in [0.29, 0.717) is 18.0 Å². The van der Waals surface area contributed by atoms with Crippen molar-refractivity contribution in [1.82, 2.24) is 10.2 Å². The summed E-state index contributed by atoms with van der Waals surface area (Å²) in [5.41, 5.74) is 1.47. The average molecular weight is 280 g/mol. The topological polar surface area (TPSA) is 15.3 Å². The Morgan fingerprint density at radius 3 is 2.74 bits per heavy atom. The van der Waals surface area contributed by atoms with Crippen molar-refractivity contribution in [2.45, 2.75) is 52.7 Å². The zero-order valence-corrected chi connectivity index (χ0v) is 13.5. The summed E-state index contributed by atoms with van der Waals surface area (Å²) in [4.78, 5) is 2.69. The lowest BCUT2D eigenvalue weighted by Gasteiger charge is -2.43. The molecular formula is C16H28N2S. The van der Waals surface area contributed by atoms with Crippen LogP contribution in [0.1, 0.15) is 39.7 Å². The van der Waals surface area contributed by atoms with Gasteiger partial charge in [0.05, 0.1) is 0 Å². The van der Waals surface area contributed by atoms with Crippen LogP contribution in [0.5, 0.6) is 0 Å². The van der Waals surface area contributed by atoms with E-state index in [9.17, 15) is 0 Å². The van der Waals surface area contributed by atoms with Crippen LogP contribution in [0.2, 0.25) is 0 Å². The van der Waals surface area contributed by atoms with Crippen LogP contribution in [0.25, 0.3) is 0 Å². The maximum Gasteiger partial charge on any atom is 0.0247 e. The smallest absolute Gasteiger partial charge is 0.0247 e. The molecule has 108 valence electrons. The fourth-order valence-electron chi connectivity index (χ4n) is 3.08. The maximum atomic E-state index is 3.75. The van der Waals surface area contributed by atoms with Crippen LogP contribution in [0.4, 0.5) is 0 Å². The highest BCUT2D eigenvalue weighted by Gasteiger charge is 2.29. The van der Waals surface area contributed by atoms with Crippen LogP contribution in [-0.4, -0.2) is 30.1 Å². The number of hydrogen-bond acceptors (Lipinski definition) is 3. The third-order valence-corrected chi connectivity index (χ3v) is 4.76. The summed E-state index contributed by atoms with van der Waals surface area (Å²) in [5, 5.41) is 8.23. The van der Waals surface area contributed by atoms with E-state index in [1.54, 1.807) is 11.3 Å². The highest BCUT2D eigenvalue weighted by molar-refractivity contribution is 7.07. The van der Waals surface area contributed by atoms with E-state index in [0.717, 1.165) is 19.0 Å². The molecule has 1 N–H and O–H groups in total. The quantitative estimate of drug-likeness (QED) is 0.886. The van der Waals surface area contributed by atoms with Crippen molar-refractivity contribution in [2.24, 2.45) is 11.8 Å². The van der Waals surface area contributed by atoms with Crippen LogP contribution in [0.3, 0.4) is 0 Å². The molecule has 0 aromatic carbocycles. The number of rotatable bonds is 5. The van der Waals surface area contributed by atoms with E-state index in [4.69, 9.17) is 0 Å². The number of nitrogens with one attached hydrogen (secondary N) is 1. The molecule has 2 unspecified atom stereocenters. The molecule has 1 aromatic rings. The summed E-state index contributed by atoms with van der Waals surface area (Å²) in [5.74, 6) is 1.49. The lowest BCUT2D eigenvalue weighted by molar-refractivity contribution is 0.0853. The lowest BCUT2D eigenvalue weighted by Crippen LogP contribution is -2.58. The molecule has 0 amide bonds. The zero-order valence-electron chi connectivity index (χ0n) is 12.7. The third-order valence-electron chi connectivity index (χ3n) is 4.03. The molecule has 0 saturated carbocycles. The second-order valence-corrected chi connectivity index (χ2v) is 7.39. The van der Waals surface area contributed by atoms with Crippen LogP contribution in [0, 0.1) is 11.8 Å². The molecule has 2 rings (SSSR count). The molecule has 19 heavy (non-hydrogen) atoms. The van der Waals surface area contributed by atoms with Crippen molar-refractivity contribution in [3.63, 3.8) is 0 Å². The predicted octanol–water partition coefficient (Wildman–Crippen LogP) is 3.59. The summed E-state index contributed by atoms with van der Waals surface area (Å²) >= 11 is 1.81. The van der Waals surface area contributed by atoms with E-state index in [-0.39, 0.29) is 0 Å². The summed E-state index contributed by atoms with van der Waals surface area (Å²) in [7, 11) is 0. The average Bonchev–Trinajstić information content (AvgIpc) is 2.80. The number of thiophene rings is 1. The molecule has 1 aliphatic heterocycles. The molecular weight excluding hydrogens is 252 g/mol. The Morgan fingerprint density at radius 1 is 1.37 bits per heavy atom. The highest BCUT2D eigenvalue weighted by atomic mass is 32.1. The Bertz CT molecular complexity index is 359. The van der Waals surface area contributed by atoms with Crippen LogP contribution < -0.4 is 5.32 Å². The lowest BCUT2D eigenvalue weighted by atomic mass is 9.94. The molecule has 0 bridgehead atoms. The summed E-state index contributed by atoms with van der Waals surface area (Å²) < 4.78 is 0. The summed E-state index contributed by atoms with van der Waals surface area (Å²) in [6, 6.07) is 3.60. The van der Waals surface area contributed by atoms with Crippen molar-refractivity contribution < 1.29 is 0 Å². The minimum Gasteiger partial charge on any atom is -0.311 e. The predicted molar refractivity (Wildman–Crippen MR) is 84.6 cm³/mol. The Labute approximate surface area is 122 Å². The van der Waals surface area contributed by atoms with Gasteiger partial charge in [0.25, 0.3) is 0 Å². The maximum absolute atomic E-state index is 3.75. The molecule has 2 heterocycles. The fourth-order valence-corrected chi connectivity index (χ4v) is 3.74. The van der Waals surface area contributed by atoms with Gasteiger partial charge in [-0.05, 0) is 40.6 Å². The molecule has 0 radical (unpaired) electrons. The van der Waals surface area contributed by atoms with Gasteiger partial charge < -0.3 is 5.32 Å². The minimum absolute atomic E-state index is 0.661. The van der Waals surface area contributed by atoms with Crippen LogP contribution >= 0.6 is 11.3 Å². The first-order chi connectivity index (χ1) is 9.06. The van der Waals surface area contributed by atoms with Gasteiger partial charge >= 0.3 is 0 Å². The van der Waals surface area contributed by atoms with E-state index < -0.39 is 0 Å². The second kappa shape index (κ2) is 6.87. The number of nitrogens with zero attached hydrogens (tertiary/aromatic N) is 1. The van der Waals surface area contributed by atoms with Crippen LogP contribution in [0.15, 0.2) is 16.8 Å². The molecule has 0 spiro atoms. The molecule has 2 atom stereocenters. The Kier molecular flexibility index (Phi) is 5.43. The first kappa shape index (κ1) is 15.0. The van der Waals surface area contributed by atoms with Gasteiger partial charge in [0.2, 0.25) is 0 Å². The highest BCUT2D eigenvalue weighted by Crippen LogP contribution is 2.21. The van der Waals surface area contributed by atoms with Gasteiger partial charge in [-0.2, -0.15) is 11.3 Å². The van der Waals surface area contributed by atoms with E-state index in [2.05, 4.69) is 54.7 Å². The van der Waals surface area contributed by atoms with Crippen LogP contribution in [-0.2, 0) is 6.54 Å². The van der Waals surface area contributed by atoms with Crippen molar-refractivity contribution in [1.29, 1.82) is 0 Å². The summed E-state index contributed by atoms with van der Waals surface area (Å²) in [6.07, 6.45) is 1.28. The fraction of sp³-hybridized carbons (Fsp3) is 0.750. The SMILES string of the molecule is CC(C)CC1CN(Cc2ccsc2)C(C(C)C)CN1. The van der Waals surface area contributed by atoms with Crippen molar-refractivity contribution in [2.75, 3.05) is 13.1 Å². The second-order valence-electron chi connectivity index (χ2n) is 6.61. The van der Waals surface area contributed by atoms with Gasteiger partial charge in [-0.15, -0.1) is 0 Å². The first-order valence-electron chi connectivity index (χ1n) is 7.54. The van der Waals surface area contributed by atoms with E-state index in [1.165, 1.54) is 18.5 Å². The molecule has 1 fully saturated rings. The summed E-state index contributed by atoms with van der Waals surface area (Å²) in [6.45, 7) is 12.8. The van der Waals surface area contributed by atoms with Gasteiger partial charge in [0.15, 0.2) is 0 Å². The zero-order chi connectivity index (χ0) is 13.8. The van der Waals surface area contributed by atoms with Gasteiger partial charge in [-0.25, -0.2) is 0 Å². The standard InChI is InChI=1S/C16H28N2S/c1-12(2)7-15-10-18(9-14-5-6-19-11-14)16(8-17-15)13(3)4/h5-6,11-13,15-17H,7-10H2,1-4H3. The number of hydrogen-bond donors (Lipinski definition) is 1. The normalized spacial score (nSPS) is 25.4. The van der Waals surface area contributed by atoms with E-state index in [1.807, 2.05) is 0 Å². The Hall–Kier alpha value is -0.380. The van der Waals surface area contributed by atoms with Crippen molar-refractivity contribution >= 4 is 11.3 Å². The van der Waals surface area contributed by atoms with Gasteiger partial charge in [0.1, 0.15) is 0 Å². The van der Waals surface area contributed by atoms with Gasteiger partial charge in [-0.1, -0.05) is 27.7 Å². The third kappa shape index (κ3) is 4.30. The molecule has 3 heteroatoms. The Morgan fingerprint density at radius 2 is 2.16 bits per heavy atom. The van der Waals surface area contributed by atoms with E-state index >= 15 is 0 Å². The van der Waals surface area contributed by atoms with Gasteiger partial charge in [0, 0.05) is 31.7 Å². The molecule has 1 saturated heterocycles. The monoisotopic (exact) mass is 280 g/mol. The Balaban J connectivity index is 2.00. The molecule has 2 nitrogen and oxygen atoms in total. The molecule has 0 aliphatic carbocycles. The first-order valence-corrected chi connectivity index (χ1v) is 8.49. The largest absolute Gasteiger partial charge is 0.311 e.